The van der Waals surface area contributed by atoms with Crippen LogP contribution in [0.5, 0.6) is 0 Å². The molecule has 3 atom stereocenters. The summed E-state index contributed by atoms with van der Waals surface area (Å²) in [6.07, 6.45) is 10.1. The fourth-order valence-corrected chi connectivity index (χ4v) is 4.80. The van der Waals surface area contributed by atoms with Crippen LogP contribution in [0.1, 0.15) is 32.3 Å². The van der Waals surface area contributed by atoms with Gasteiger partial charge in [-0.3, -0.25) is 4.79 Å². The van der Waals surface area contributed by atoms with Gasteiger partial charge in [-0.25, -0.2) is 0 Å². The third kappa shape index (κ3) is 5.33. The molecule has 1 aromatic carbocycles. The lowest BCUT2D eigenvalue weighted by atomic mass is 9.94. The summed E-state index contributed by atoms with van der Waals surface area (Å²) in [6, 6.07) is 10.3. The van der Waals surface area contributed by atoms with Gasteiger partial charge in [-0.1, -0.05) is 68.2 Å². The molecule has 0 spiro atoms. The highest BCUT2D eigenvalue weighted by atomic mass is 32.2. The largest absolute Gasteiger partial charge is 0.494 e. The van der Waals surface area contributed by atoms with Crippen LogP contribution in [0, 0.1) is 11.8 Å². The van der Waals surface area contributed by atoms with E-state index in [0.29, 0.717) is 30.4 Å². The number of ether oxygens (including phenoxy) is 1. The van der Waals surface area contributed by atoms with Gasteiger partial charge in [-0.15, -0.1) is 11.8 Å². The van der Waals surface area contributed by atoms with Gasteiger partial charge in [-0.05, 0) is 42.6 Å². The molecule has 0 bridgehead atoms. The number of Topliss-reactive ketones (excluding diaryl/α,β-unsaturated/α-hetero) is 1. The van der Waals surface area contributed by atoms with Crippen LogP contribution in [0.3, 0.4) is 0 Å². The molecule has 0 fully saturated rings. The minimum absolute atomic E-state index is 0.139. The van der Waals surface area contributed by atoms with Crippen molar-refractivity contribution in [3.8, 4) is 0 Å². The number of benzene rings is 1. The predicted octanol–water partition coefficient (Wildman–Crippen LogP) is 6.16. The summed E-state index contributed by atoms with van der Waals surface area (Å²) in [6.45, 7) is 8.19. The van der Waals surface area contributed by atoms with Crippen molar-refractivity contribution in [2.24, 2.45) is 11.8 Å². The summed E-state index contributed by atoms with van der Waals surface area (Å²) in [5, 5.41) is 0.278. The number of hydrogen-bond donors (Lipinski definition) is 0. The molecule has 1 aliphatic heterocycles. The van der Waals surface area contributed by atoms with Crippen LogP contribution in [-0.4, -0.2) is 21.8 Å². The molecule has 0 saturated carbocycles. The Morgan fingerprint density at radius 3 is 2.75 bits per heavy atom. The molecule has 3 rings (SSSR count). The van der Waals surface area contributed by atoms with Gasteiger partial charge in [0.2, 0.25) is 0 Å². The second-order valence-electron chi connectivity index (χ2n) is 7.48. The Balaban J connectivity index is 1.57. The summed E-state index contributed by atoms with van der Waals surface area (Å²) < 4.78 is 6.93. The Bertz CT molecular complexity index is 849. The van der Waals surface area contributed by atoms with Gasteiger partial charge in [0.1, 0.15) is 5.76 Å². The van der Waals surface area contributed by atoms with Crippen molar-refractivity contribution in [3.63, 3.8) is 0 Å². The summed E-state index contributed by atoms with van der Waals surface area (Å²) >= 11 is 7.39. The zero-order valence-electron chi connectivity index (χ0n) is 16.4. The molecule has 146 valence electrons. The van der Waals surface area contributed by atoms with Crippen molar-refractivity contribution in [3.05, 3.63) is 78.1 Å². The summed E-state index contributed by atoms with van der Waals surface area (Å²) in [5.41, 5.74) is 2.96. The average molecular weight is 411 g/mol. The first kappa shape index (κ1) is 20.8. The van der Waals surface area contributed by atoms with Crippen LogP contribution in [0.25, 0.3) is 5.57 Å². The number of hydrogen-bond acceptors (Lipinski definition) is 4. The molecule has 1 heterocycles. The number of carbonyl (C=O) groups is 1. The number of fused-ring (bicyclic) bond motifs is 1. The lowest BCUT2D eigenvalue weighted by molar-refractivity contribution is -0.115. The maximum absolute atomic E-state index is 11.7. The molecular weight excluding hydrogens is 384 g/mol. The Hall–Kier alpha value is -1.91. The van der Waals surface area contributed by atoms with Crippen LogP contribution in [0.15, 0.2) is 72.5 Å². The Morgan fingerprint density at radius 1 is 1.29 bits per heavy atom. The van der Waals surface area contributed by atoms with Gasteiger partial charge in [0.25, 0.3) is 0 Å². The molecule has 0 aromatic heterocycles. The van der Waals surface area contributed by atoms with Gasteiger partial charge < -0.3 is 4.74 Å². The lowest BCUT2D eigenvalue weighted by Crippen LogP contribution is -2.22. The summed E-state index contributed by atoms with van der Waals surface area (Å²) in [5.74, 6) is 1.68. The highest BCUT2D eigenvalue weighted by molar-refractivity contribution is 8.25. The number of allylic oxidation sites excluding steroid dienone is 4. The van der Waals surface area contributed by atoms with Crippen LogP contribution in [0.2, 0.25) is 0 Å². The van der Waals surface area contributed by atoms with E-state index >= 15 is 0 Å². The number of thiocarbonyl (C=S) groups is 1. The quantitative estimate of drug-likeness (QED) is 0.379. The topological polar surface area (TPSA) is 26.3 Å². The maximum atomic E-state index is 11.7. The zero-order valence-corrected chi connectivity index (χ0v) is 18.0. The second kappa shape index (κ2) is 9.53. The van der Waals surface area contributed by atoms with Gasteiger partial charge in [0, 0.05) is 23.2 Å². The van der Waals surface area contributed by atoms with E-state index in [4.69, 9.17) is 17.0 Å². The average Bonchev–Trinajstić information content (AvgIpc) is 2.70. The molecule has 1 aromatic rings. The Kier molecular flexibility index (Phi) is 7.08. The van der Waals surface area contributed by atoms with Crippen LogP contribution >= 0.6 is 24.0 Å². The summed E-state index contributed by atoms with van der Waals surface area (Å²) in [7, 11) is 0. The van der Waals surface area contributed by atoms with E-state index in [1.54, 1.807) is 18.7 Å². The molecule has 0 amide bonds. The number of ketones is 1. The third-order valence-corrected chi connectivity index (χ3v) is 6.64. The van der Waals surface area contributed by atoms with E-state index < -0.39 is 0 Å². The molecule has 0 radical (unpaired) electrons. The number of carbonyl (C=O) groups excluding carboxylic acids is 1. The van der Waals surface area contributed by atoms with E-state index in [9.17, 15) is 4.79 Å². The standard InChI is InChI=1S/C24H26O2S2/c1-16(2)22(25)12-9-17(3)15-26-20-11-10-19-13-21(18-7-5-4-6-8-18)24(27)28-23(19)14-20/h4-8,10-11,13-14,17,19,23H,1,9,12,15H2,2-3H3. The Morgan fingerprint density at radius 2 is 2.04 bits per heavy atom. The molecular formula is C24H26O2S2. The normalized spacial score (nSPS) is 22.0. The highest BCUT2D eigenvalue weighted by Gasteiger charge is 2.28. The highest BCUT2D eigenvalue weighted by Crippen LogP contribution is 2.40. The summed E-state index contributed by atoms with van der Waals surface area (Å²) in [4.78, 5) is 11.7. The van der Waals surface area contributed by atoms with Crippen molar-refractivity contribution in [2.75, 3.05) is 6.61 Å². The first-order chi connectivity index (χ1) is 13.4. The van der Waals surface area contributed by atoms with Gasteiger partial charge in [0.15, 0.2) is 5.78 Å². The minimum Gasteiger partial charge on any atom is -0.494 e. The molecule has 2 nitrogen and oxygen atoms in total. The first-order valence-corrected chi connectivity index (χ1v) is 10.9. The number of rotatable bonds is 8. The molecule has 28 heavy (non-hydrogen) atoms. The minimum atomic E-state index is 0.139. The van der Waals surface area contributed by atoms with Crippen molar-refractivity contribution in [1.82, 2.24) is 0 Å². The smallest absolute Gasteiger partial charge is 0.158 e. The third-order valence-electron chi connectivity index (χ3n) is 4.97. The van der Waals surface area contributed by atoms with Crippen LogP contribution in [-0.2, 0) is 9.53 Å². The SMILES string of the molecule is C=C(C)C(=O)CCC(C)COC1=CC2SC(=S)C(c3ccccc3)=CC2C=C1. The molecule has 0 saturated heterocycles. The van der Waals surface area contributed by atoms with Crippen molar-refractivity contribution >= 4 is 39.5 Å². The van der Waals surface area contributed by atoms with Crippen LogP contribution in [0.4, 0.5) is 0 Å². The second-order valence-corrected chi connectivity index (χ2v) is 9.34. The fourth-order valence-electron chi connectivity index (χ4n) is 3.20. The first-order valence-electron chi connectivity index (χ1n) is 9.64. The molecule has 0 N–H and O–H groups in total. The van der Waals surface area contributed by atoms with E-state index in [0.717, 1.165) is 21.9 Å². The van der Waals surface area contributed by atoms with Crippen molar-refractivity contribution in [2.45, 2.75) is 31.9 Å². The van der Waals surface area contributed by atoms with E-state index in [1.165, 1.54) is 5.56 Å². The van der Waals surface area contributed by atoms with Crippen molar-refractivity contribution in [1.29, 1.82) is 0 Å². The van der Waals surface area contributed by atoms with Gasteiger partial charge in [0.05, 0.1) is 10.8 Å². The fraction of sp³-hybridized carbons (Fsp3) is 0.333. The lowest BCUT2D eigenvalue weighted by Gasteiger charge is -2.29. The van der Waals surface area contributed by atoms with E-state index in [2.05, 4.69) is 49.9 Å². The van der Waals surface area contributed by atoms with Crippen molar-refractivity contribution < 1.29 is 9.53 Å². The number of thioether (sulfide) groups is 1. The van der Waals surface area contributed by atoms with Gasteiger partial charge in [-0.2, -0.15) is 0 Å². The van der Waals surface area contributed by atoms with Gasteiger partial charge >= 0.3 is 0 Å². The molecule has 1 aliphatic carbocycles. The maximum Gasteiger partial charge on any atom is 0.158 e. The van der Waals surface area contributed by atoms with Crippen LogP contribution < -0.4 is 0 Å². The van der Waals surface area contributed by atoms with E-state index in [-0.39, 0.29) is 11.0 Å². The zero-order chi connectivity index (χ0) is 20.1. The van der Waals surface area contributed by atoms with E-state index in [1.807, 2.05) is 18.2 Å². The molecule has 2 aliphatic rings. The monoisotopic (exact) mass is 410 g/mol. The predicted molar refractivity (Wildman–Crippen MR) is 123 cm³/mol. The molecule has 4 heteroatoms. The Labute approximate surface area is 177 Å². The molecule has 3 unspecified atom stereocenters.